The first kappa shape index (κ1) is 12.0. The molecule has 1 heterocycles. The number of para-hydroxylation sites is 1. The van der Waals surface area contributed by atoms with E-state index >= 15 is 0 Å². The van der Waals surface area contributed by atoms with E-state index < -0.39 is 6.17 Å². The van der Waals surface area contributed by atoms with Gasteiger partial charge in [0.25, 0.3) is 0 Å². The Morgan fingerprint density at radius 3 is 2.79 bits per heavy atom. The summed E-state index contributed by atoms with van der Waals surface area (Å²) in [4.78, 5) is 11.2. The number of rotatable bonds is 4. The molecule has 0 spiro atoms. The highest BCUT2D eigenvalue weighted by Gasteiger charge is 2.33. The number of carbonyl (C=O) groups is 1. The van der Waals surface area contributed by atoms with Crippen molar-refractivity contribution in [2.75, 3.05) is 19.2 Å². The molecule has 100 valence electrons. The van der Waals surface area contributed by atoms with Gasteiger partial charge in [0, 0.05) is 7.05 Å². The molecule has 1 saturated carbocycles. The molecule has 1 aliphatic heterocycles. The number of benzene rings is 1. The maximum absolute atomic E-state index is 11.2. The average molecular weight is 260 g/mol. The molecule has 6 heteroatoms. The Bertz CT molecular complexity index is 527. The second-order valence-electron chi connectivity index (χ2n) is 4.82. The molecule has 0 saturated heterocycles. The van der Waals surface area contributed by atoms with Crippen LogP contribution < -0.4 is 9.75 Å². The number of methoxy groups -OCH3 is 1. The van der Waals surface area contributed by atoms with Crippen molar-refractivity contribution in [2.24, 2.45) is 10.4 Å². The predicted octanol–water partition coefficient (Wildman–Crippen LogP) is 2.13. The van der Waals surface area contributed by atoms with Gasteiger partial charge >= 0.3 is 0 Å². The van der Waals surface area contributed by atoms with Crippen LogP contribution in [0.5, 0.6) is 5.75 Å². The van der Waals surface area contributed by atoms with Gasteiger partial charge in [0.2, 0.25) is 0 Å². The third-order valence-corrected chi connectivity index (χ3v) is 3.53. The first-order valence-corrected chi connectivity index (χ1v) is 6.32. The maximum atomic E-state index is 11.2. The second-order valence-corrected chi connectivity index (χ2v) is 4.82. The molecule has 0 bridgehead atoms. The minimum Gasteiger partial charge on any atom is -0.494 e. The van der Waals surface area contributed by atoms with Gasteiger partial charge in [-0.3, -0.25) is 4.79 Å². The first-order valence-electron chi connectivity index (χ1n) is 6.32. The summed E-state index contributed by atoms with van der Waals surface area (Å²) >= 11 is 0. The average Bonchev–Trinajstić information content (AvgIpc) is 3.21. The van der Waals surface area contributed by atoms with Crippen molar-refractivity contribution in [2.45, 2.75) is 24.9 Å². The number of hydrogen-bond donors (Lipinski definition) is 0. The number of aldehydes is 1. The number of nitrogens with zero attached hydrogens (tertiary/aromatic N) is 4. The van der Waals surface area contributed by atoms with E-state index in [0.717, 1.165) is 17.7 Å². The zero-order valence-electron chi connectivity index (χ0n) is 11.0. The molecule has 1 fully saturated rings. The van der Waals surface area contributed by atoms with E-state index in [2.05, 4.69) is 16.5 Å². The lowest BCUT2D eigenvalue weighted by Gasteiger charge is -2.23. The summed E-state index contributed by atoms with van der Waals surface area (Å²) in [5, 5.41) is 11.1. The van der Waals surface area contributed by atoms with Crippen LogP contribution in [0.1, 0.15) is 24.3 Å². The fourth-order valence-corrected chi connectivity index (χ4v) is 2.37. The van der Waals surface area contributed by atoms with E-state index in [9.17, 15) is 4.79 Å². The highest BCUT2D eigenvalue weighted by molar-refractivity contribution is 5.70. The monoisotopic (exact) mass is 260 g/mol. The molecule has 2 aliphatic rings. The number of anilines is 1. The lowest BCUT2D eigenvalue weighted by molar-refractivity contribution is -0.111. The molecular formula is C13H16N4O2. The van der Waals surface area contributed by atoms with E-state index in [1.807, 2.05) is 12.1 Å². The topological polar surface area (TPSA) is 57.5 Å². The minimum absolute atomic E-state index is 0.511. The van der Waals surface area contributed by atoms with Crippen LogP contribution in [0.15, 0.2) is 28.6 Å². The highest BCUT2D eigenvalue weighted by Crippen LogP contribution is 2.47. The highest BCUT2D eigenvalue weighted by atomic mass is 16.5. The Morgan fingerprint density at radius 2 is 2.16 bits per heavy atom. The van der Waals surface area contributed by atoms with Crippen LogP contribution in [0.4, 0.5) is 5.69 Å². The van der Waals surface area contributed by atoms with Crippen LogP contribution in [0.2, 0.25) is 0 Å². The van der Waals surface area contributed by atoms with Crippen LogP contribution >= 0.6 is 0 Å². The number of hydrogen-bond acceptors (Lipinski definition) is 6. The molecule has 1 aliphatic carbocycles. The predicted molar refractivity (Wildman–Crippen MR) is 69.9 cm³/mol. The molecule has 19 heavy (non-hydrogen) atoms. The van der Waals surface area contributed by atoms with Gasteiger partial charge in [0.15, 0.2) is 12.5 Å². The van der Waals surface area contributed by atoms with Crippen molar-refractivity contribution in [1.82, 2.24) is 5.01 Å². The summed E-state index contributed by atoms with van der Waals surface area (Å²) in [7, 11) is 3.37. The number of likely N-dealkylation sites (N-methyl/N-ethyl adjacent to an activating group) is 1. The van der Waals surface area contributed by atoms with E-state index in [1.165, 1.54) is 23.4 Å². The van der Waals surface area contributed by atoms with Crippen LogP contribution in [-0.4, -0.2) is 31.6 Å². The summed E-state index contributed by atoms with van der Waals surface area (Å²) < 4.78 is 5.54. The molecule has 0 amide bonds. The third kappa shape index (κ3) is 1.93. The van der Waals surface area contributed by atoms with Crippen LogP contribution in [-0.2, 0) is 4.79 Å². The number of ether oxygens (including phenoxy) is 1. The Balaban J connectivity index is 2.02. The molecule has 3 rings (SSSR count). The summed E-state index contributed by atoms with van der Waals surface area (Å²) in [5.41, 5.74) is 1.98. The van der Waals surface area contributed by atoms with Gasteiger partial charge in [0.05, 0.1) is 7.11 Å². The van der Waals surface area contributed by atoms with Crippen molar-refractivity contribution >= 4 is 12.0 Å². The Hall–Kier alpha value is -2.11. The van der Waals surface area contributed by atoms with E-state index in [1.54, 1.807) is 19.2 Å². The van der Waals surface area contributed by atoms with Crippen molar-refractivity contribution in [3.8, 4) is 5.75 Å². The van der Waals surface area contributed by atoms with E-state index in [4.69, 9.17) is 4.74 Å². The van der Waals surface area contributed by atoms with Gasteiger partial charge in [0.1, 0.15) is 11.4 Å². The van der Waals surface area contributed by atoms with E-state index in [0.29, 0.717) is 5.92 Å². The van der Waals surface area contributed by atoms with Crippen molar-refractivity contribution in [3.05, 3.63) is 23.8 Å². The SMILES string of the molecule is COc1c(C2CC2)cccc1N1N=NN(C)C1C=O. The third-order valence-electron chi connectivity index (χ3n) is 3.53. The first-order chi connectivity index (χ1) is 9.26. The number of carbonyl (C=O) groups excluding carboxylic acids is 1. The Labute approximate surface area is 111 Å². The normalized spacial score (nSPS) is 21.9. The molecule has 1 atom stereocenters. The van der Waals surface area contributed by atoms with Gasteiger partial charge in [-0.05, 0) is 35.6 Å². The molecule has 6 nitrogen and oxygen atoms in total. The summed E-state index contributed by atoms with van der Waals surface area (Å²) in [6.07, 6.45) is 2.70. The van der Waals surface area contributed by atoms with Crippen molar-refractivity contribution in [1.29, 1.82) is 0 Å². The Kier molecular flexibility index (Phi) is 2.85. The minimum atomic E-state index is -0.511. The Morgan fingerprint density at radius 1 is 1.37 bits per heavy atom. The van der Waals surface area contributed by atoms with Gasteiger partial charge < -0.3 is 4.74 Å². The summed E-state index contributed by atoms with van der Waals surface area (Å²) in [6, 6.07) is 5.95. The second kappa shape index (κ2) is 4.53. The van der Waals surface area contributed by atoms with Crippen molar-refractivity contribution < 1.29 is 9.53 Å². The fraction of sp³-hybridized carbons (Fsp3) is 0.462. The lowest BCUT2D eigenvalue weighted by atomic mass is 10.1. The summed E-state index contributed by atoms with van der Waals surface area (Å²) in [5.74, 6) is 1.37. The molecule has 1 unspecified atom stereocenters. The fourth-order valence-electron chi connectivity index (χ4n) is 2.37. The maximum Gasteiger partial charge on any atom is 0.197 e. The van der Waals surface area contributed by atoms with Crippen molar-refractivity contribution in [3.63, 3.8) is 0 Å². The van der Waals surface area contributed by atoms with Gasteiger partial charge in [-0.1, -0.05) is 17.4 Å². The van der Waals surface area contributed by atoms with Crippen LogP contribution in [0, 0.1) is 0 Å². The van der Waals surface area contributed by atoms with Gasteiger partial charge in [-0.15, -0.1) is 0 Å². The van der Waals surface area contributed by atoms with Crippen LogP contribution in [0.3, 0.4) is 0 Å². The van der Waals surface area contributed by atoms with Crippen LogP contribution in [0.25, 0.3) is 0 Å². The standard InChI is InChI=1S/C13H16N4O2/c1-16-12(8-18)17(15-14-16)11-5-3-4-10(9-6-7-9)13(11)19-2/h3-5,8-9,12H,6-7H2,1-2H3. The molecular weight excluding hydrogens is 244 g/mol. The molecule has 1 aromatic carbocycles. The summed E-state index contributed by atoms with van der Waals surface area (Å²) in [6.45, 7) is 0. The molecule has 0 radical (unpaired) electrons. The van der Waals surface area contributed by atoms with Gasteiger partial charge in [-0.2, -0.15) is 0 Å². The van der Waals surface area contributed by atoms with Gasteiger partial charge in [-0.25, -0.2) is 10.0 Å². The lowest BCUT2D eigenvalue weighted by Crippen LogP contribution is -2.37. The largest absolute Gasteiger partial charge is 0.494 e. The molecule has 0 aromatic heterocycles. The molecule has 0 N–H and O–H groups in total. The quantitative estimate of drug-likeness (QED) is 0.778. The zero-order valence-corrected chi connectivity index (χ0v) is 11.0. The smallest absolute Gasteiger partial charge is 0.197 e. The zero-order chi connectivity index (χ0) is 13.4. The molecule has 1 aromatic rings. The van der Waals surface area contributed by atoms with E-state index in [-0.39, 0.29) is 0 Å².